The maximum Gasteiger partial charge on any atom is 0.240 e. The van der Waals surface area contributed by atoms with Crippen molar-refractivity contribution in [3.05, 3.63) is 0 Å². The van der Waals surface area contributed by atoms with E-state index in [0.29, 0.717) is 12.5 Å². The van der Waals surface area contributed by atoms with Gasteiger partial charge < -0.3 is 15.3 Å². The van der Waals surface area contributed by atoms with E-state index in [9.17, 15) is 9.90 Å². The SMILES string of the molecule is CCC(C)(CCO)N1CCCC(NC2CC2)C1=O. The van der Waals surface area contributed by atoms with Crippen molar-refractivity contribution < 1.29 is 9.90 Å². The first-order chi connectivity index (χ1) is 8.60. The highest BCUT2D eigenvalue weighted by Crippen LogP contribution is 2.29. The molecule has 0 spiro atoms. The number of rotatable bonds is 6. The molecular formula is C14H26N2O2. The van der Waals surface area contributed by atoms with Crippen LogP contribution in [0, 0.1) is 0 Å². The molecular weight excluding hydrogens is 228 g/mol. The number of nitrogens with one attached hydrogen (secondary N) is 1. The Morgan fingerprint density at radius 3 is 2.72 bits per heavy atom. The van der Waals surface area contributed by atoms with Crippen LogP contribution >= 0.6 is 0 Å². The average molecular weight is 254 g/mol. The van der Waals surface area contributed by atoms with Crippen LogP contribution in [0.2, 0.25) is 0 Å². The zero-order valence-corrected chi connectivity index (χ0v) is 11.6. The van der Waals surface area contributed by atoms with Crippen LogP contribution < -0.4 is 5.32 Å². The predicted octanol–water partition coefficient (Wildman–Crippen LogP) is 1.28. The molecule has 2 N–H and O–H groups in total. The van der Waals surface area contributed by atoms with Gasteiger partial charge >= 0.3 is 0 Å². The minimum absolute atomic E-state index is 0.0100. The molecule has 4 nitrogen and oxygen atoms in total. The van der Waals surface area contributed by atoms with E-state index in [1.54, 1.807) is 0 Å². The molecule has 2 unspecified atom stereocenters. The highest BCUT2D eigenvalue weighted by atomic mass is 16.3. The maximum atomic E-state index is 12.6. The van der Waals surface area contributed by atoms with E-state index < -0.39 is 0 Å². The number of nitrogens with zero attached hydrogens (tertiary/aromatic N) is 1. The smallest absolute Gasteiger partial charge is 0.240 e. The molecule has 2 fully saturated rings. The van der Waals surface area contributed by atoms with E-state index in [0.717, 1.165) is 25.8 Å². The molecule has 1 saturated carbocycles. The van der Waals surface area contributed by atoms with E-state index in [-0.39, 0.29) is 24.1 Å². The summed E-state index contributed by atoms with van der Waals surface area (Å²) in [7, 11) is 0. The van der Waals surface area contributed by atoms with Gasteiger partial charge in [-0.2, -0.15) is 0 Å². The van der Waals surface area contributed by atoms with Gasteiger partial charge in [-0.1, -0.05) is 6.92 Å². The number of amides is 1. The summed E-state index contributed by atoms with van der Waals surface area (Å²) in [4.78, 5) is 14.6. The topological polar surface area (TPSA) is 52.6 Å². The summed E-state index contributed by atoms with van der Waals surface area (Å²) in [5.74, 6) is 0.242. The van der Waals surface area contributed by atoms with E-state index >= 15 is 0 Å². The molecule has 1 aliphatic heterocycles. The minimum Gasteiger partial charge on any atom is -0.396 e. The molecule has 0 aromatic rings. The van der Waals surface area contributed by atoms with Crippen molar-refractivity contribution in [2.75, 3.05) is 13.2 Å². The third-order valence-corrected chi connectivity index (χ3v) is 4.52. The molecule has 1 heterocycles. The summed E-state index contributed by atoms with van der Waals surface area (Å²) in [5.41, 5.74) is -0.185. The van der Waals surface area contributed by atoms with Crippen molar-refractivity contribution in [2.24, 2.45) is 0 Å². The number of hydrogen-bond acceptors (Lipinski definition) is 3. The van der Waals surface area contributed by atoms with Crippen LogP contribution in [0.5, 0.6) is 0 Å². The predicted molar refractivity (Wildman–Crippen MR) is 71.3 cm³/mol. The van der Waals surface area contributed by atoms with Crippen LogP contribution in [0.3, 0.4) is 0 Å². The molecule has 1 aliphatic carbocycles. The molecule has 18 heavy (non-hydrogen) atoms. The molecule has 0 bridgehead atoms. The Kier molecular flexibility index (Phi) is 4.28. The maximum absolute atomic E-state index is 12.6. The summed E-state index contributed by atoms with van der Waals surface area (Å²) in [6.45, 7) is 5.18. The Morgan fingerprint density at radius 2 is 2.17 bits per heavy atom. The lowest BCUT2D eigenvalue weighted by molar-refractivity contribution is -0.143. The van der Waals surface area contributed by atoms with Gasteiger partial charge in [0.05, 0.1) is 6.04 Å². The number of piperidine rings is 1. The van der Waals surface area contributed by atoms with Crippen molar-refractivity contribution in [3.8, 4) is 0 Å². The summed E-state index contributed by atoms with van der Waals surface area (Å²) in [6, 6.07) is 0.584. The lowest BCUT2D eigenvalue weighted by Crippen LogP contribution is -2.59. The molecule has 0 radical (unpaired) electrons. The van der Waals surface area contributed by atoms with E-state index in [4.69, 9.17) is 0 Å². The fraction of sp³-hybridized carbons (Fsp3) is 0.929. The van der Waals surface area contributed by atoms with E-state index in [1.165, 1.54) is 12.8 Å². The molecule has 4 heteroatoms. The zero-order valence-electron chi connectivity index (χ0n) is 11.6. The lowest BCUT2D eigenvalue weighted by Gasteiger charge is -2.45. The number of likely N-dealkylation sites (tertiary alicyclic amines) is 1. The Hall–Kier alpha value is -0.610. The number of carbonyl (C=O) groups is 1. The Bertz CT molecular complexity index is 304. The van der Waals surface area contributed by atoms with Gasteiger partial charge in [0, 0.05) is 24.7 Å². The van der Waals surface area contributed by atoms with Crippen LogP contribution in [0.15, 0.2) is 0 Å². The zero-order chi connectivity index (χ0) is 13.2. The van der Waals surface area contributed by atoms with Gasteiger partial charge in [0.1, 0.15) is 0 Å². The largest absolute Gasteiger partial charge is 0.396 e. The van der Waals surface area contributed by atoms with Gasteiger partial charge in [-0.05, 0) is 45.4 Å². The van der Waals surface area contributed by atoms with Crippen LogP contribution in [-0.2, 0) is 4.79 Å². The Balaban J connectivity index is 2.03. The fourth-order valence-corrected chi connectivity index (χ4v) is 2.84. The Labute approximate surface area is 110 Å². The number of aliphatic hydroxyl groups is 1. The van der Waals surface area contributed by atoms with Crippen molar-refractivity contribution in [1.29, 1.82) is 0 Å². The molecule has 1 amide bonds. The van der Waals surface area contributed by atoms with Crippen molar-refractivity contribution in [2.45, 2.75) is 70.0 Å². The molecule has 0 aromatic heterocycles. The third-order valence-electron chi connectivity index (χ3n) is 4.52. The Morgan fingerprint density at radius 1 is 1.44 bits per heavy atom. The van der Waals surface area contributed by atoms with Crippen LogP contribution in [0.4, 0.5) is 0 Å². The normalized spacial score (nSPS) is 28.3. The summed E-state index contributed by atoms with van der Waals surface area (Å²) < 4.78 is 0. The third kappa shape index (κ3) is 2.86. The first-order valence-electron chi connectivity index (χ1n) is 7.29. The second-order valence-corrected chi connectivity index (χ2v) is 5.95. The standard InChI is InChI=1S/C14H26N2O2/c1-3-14(2,8-10-17)16-9-4-5-12(13(16)18)15-11-6-7-11/h11-12,15,17H,3-10H2,1-2H3. The number of aliphatic hydroxyl groups excluding tert-OH is 1. The van der Waals surface area contributed by atoms with Crippen LogP contribution in [-0.4, -0.2) is 46.7 Å². The van der Waals surface area contributed by atoms with Gasteiger partial charge in [-0.25, -0.2) is 0 Å². The van der Waals surface area contributed by atoms with Gasteiger partial charge in [0.15, 0.2) is 0 Å². The quantitative estimate of drug-likeness (QED) is 0.751. The number of hydrogen-bond donors (Lipinski definition) is 2. The minimum atomic E-state index is -0.185. The molecule has 2 atom stereocenters. The first-order valence-corrected chi connectivity index (χ1v) is 7.29. The lowest BCUT2D eigenvalue weighted by atomic mass is 9.89. The highest BCUT2D eigenvalue weighted by Gasteiger charge is 2.40. The highest BCUT2D eigenvalue weighted by molar-refractivity contribution is 5.83. The summed E-state index contributed by atoms with van der Waals surface area (Å²) >= 11 is 0. The number of carbonyl (C=O) groups excluding carboxylic acids is 1. The second-order valence-electron chi connectivity index (χ2n) is 5.95. The van der Waals surface area contributed by atoms with Crippen molar-refractivity contribution in [3.63, 3.8) is 0 Å². The van der Waals surface area contributed by atoms with Crippen LogP contribution in [0.1, 0.15) is 52.4 Å². The average Bonchev–Trinajstić information content (AvgIpc) is 3.16. The van der Waals surface area contributed by atoms with Crippen LogP contribution in [0.25, 0.3) is 0 Å². The molecule has 2 rings (SSSR count). The van der Waals surface area contributed by atoms with Gasteiger partial charge in [0.25, 0.3) is 0 Å². The fourth-order valence-electron chi connectivity index (χ4n) is 2.84. The second kappa shape index (κ2) is 5.57. The van der Waals surface area contributed by atoms with E-state index in [1.807, 2.05) is 4.90 Å². The monoisotopic (exact) mass is 254 g/mol. The van der Waals surface area contributed by atoms with Crippen molar-refractivity contribution >= 4 is 5.91 Å². The van der Waals surface area contributed by atoms with E-state index in [2.05, 4.69) is 19.2 Å². The molecule has 1 saturated heterocycles. The van der Waals surface area contributed by atoms with Gasteiger partial charge in [0.2, 0.25) is 5.91 Å². The van der Waals surface area contributed by atoms with Gasteiger partial charge in [-0.15, -0.1) is 0 Å². The molecule has 104 valence electrons. The first kappa shape index (κ1) is 13.8. The van der Waals surface area contributed by atoms with Crippen molar-refractivity contribution in [1.82, 2.24) is 10.2 Å². The summed E-state index contributed by atoms with van der Waals surface area (Å²) in [5, 5.41) is 12.7. The molecule has 0 aromatic carbocycles. The summed E-state index contributed by atoms with van der Waals surface area (Å²) in [6.07, 6.45) is 6.03. The van der Waals surface area contributed by atoms with Gasteiger partial charge in [-0.3, -0.25) is 4.79 Å². The molecule has 2 aliphatic rings.